The lowest BCUT2D eigenvalue weighted by Crippen LogP contribution is -2.31. The summed E-state index contributed by atoms with van der Waals surface area (Å²) in [6.45, 7) is -0.0145. The van der Waals surface area contributed by atoms with Crippen molar-refractivity contribution < 1.29 is 24.2 Å². The number of carbonyl (C=O) groups excluding carboxylic acids is 2. The summed E-state index contributed by atoms with van der Waals surface area (Å²) < 4.78 is 10.4. The van der Waals surface area contributed by atoms with Crippen molar-refractivity contribution in [3.8, 4) is 11.5 Å². The van der Waals surface area contributed by atoms with Gasteiger partial charge in [0.1, 0.15) is 0 Å². The van der Waals surface area contributed by atoms with E-state index in [4.69, 9.17) is 9.47 Å². The fourth-order valence-corrected chi connectivity index (χ4v) is 2.61. The second kappa shape index (κ2) is 6.64. The molecule has 128 valence electrons. The third kappa shape index (κ3) is 2.91. The third-order valence-electron chi connectivity index (χ3n) is 3.86. The van der Waals surface area contributed by atoms with E-state index in [9.17, 15) is 14.7 Å². The lowest BCUT2D eigenvalue weighted by Gasteiger charge is -2.14. The molecule has 1 N–H and O–H groups in total. The highest BCUT2D eigenvalue weighted by atomic mass is 16.5. The Kier molecular flexibility index (Phi) is 4.38. The Bertz CT molecular complexity index is 861. The van der Waals surface area contributed by atoms with Gasteiger partial charge in [-0.2, -0.15) is 0 Å². The number of hydrogen-bond acceptors (Lipinski definition) is 6. The van der Waals surface area contributed by atoms with Crippen molar-refractivity contribution in [3.63, 3.8) is 0 Å². The van der Waals surface area contributed by atoms with Gasteiger partial charge in [0.15, 0.2) is 17.3 Å². The highest BCUT2D eigenvalue weighted by Crippen LogP contribution is 2.34. The average molecular weight is 340 g/mol. The summed E-state index contributed by atoms with van der Waals surface area (Å²) in [5, 5.41) is 10.2. The van der Waals surface area contributed by atoms with Gasteiger partial charge < -0.3 is 14.6 Å². The number of benzene rings is 1. The second-order valence-electron chi connectivity index (χ2n) is 5.31. The third-order valence-corrected chi connectivity index (χ3v) is 3.86. The summed E-state index contributed by atoms with van der Waals surface area (Å²) in [5.74, 6) is -1.05. The molecule has 0 saturated carbocycles. The Morgan fingerprint density at radius 3 is 2.44 bits per heavy atom. The number of rotatable bonds is 5. The summed E-state index contributed by atoms with van der Waals surface area (Å²) >= 11 is 0. The largest absolute Gasteiger partial charge is 0.502 e. The van der Waals surface area contributed by atoms with Crippen LogP contribution in [0.4, 0.5) is 0 Å². The number of hydrogen-bond donors (Lipinski definition) is 1. The van der Waals surface area contributed by atoms with Crippen LogP contribution in [0.3, 0.4) is 0 Å². The number of imide groups is 1. The Labute approximate surface area is 144 Å². The normalized spacial score (nSPS) is 14.2. The summed E-state index contributed by atoms with van der Waals surface area (Å²) in [7, 11) is 2.96. The quantitative estimate of drug-likeness (QED) is 0.837. The number of methoxy groups -OCH3 is 2. The molecule has 7 heteroatoms. The maximum absolute atomic E-state index is 12.7. The van der Waals surface area contributed by atoms with E-state index in [1.807, 2.05) is 0 Å². The molecule has 3 rings (SSSR count). The fourth-order valence-electron chi connectivity index (χ4n) is 2.61. The Morgan fingerprint density at radius 2 is 1.80 bits per heavy atom. The molecule has 0 radical (unpaired) electrons. The first kappa shape index (κ1) is 16.5. The molecule has 2 heterocycles. The van der Waals surface area contributed by atoms with Crippen molar-refractivity contribution in [2.24, 2.45) is 0 Å². The molecule has 0 unspecified atom stereocenters. The zero-order valence-corrected chi connectivity index (χ0v) is 13.7. The zero-order chi connectivity index (χ0) is 18.0. The molecular formula is C18H16N2O5. The second-order valence-corrected chi connectivity index (χ2v) is 5.31. The van der Waals surface area contributed by atoms with Crippen molar-refractivity contribution >= 4 is 17.4 Å². The number of carbonyl (C=O) groups is 2. The number of aliphatic hydroxyl groups is 1. The molecule has 1 aliphatic rings. The predicted octanol–water partition coefficient (Wildman–Crippen LogP) is 1.94. The minimum absolute atomic E-state index is 0.0145. The molecule has 1 aliphatic heterocycles. The first-order chi connectivity index (χ1) is 12.1. The fraction of sp³-hybridized carbons (Fsp3) is 0.167. The van der Waals surface area contributed by atoms with Crippen molar-refractivity contribution in [3.05, 3.63) is 59.6 Å². The molecular weight excluding hydrogens is 324 g/mol. The molecule has 1 aromatic heterocycles. The van der Waals surface area contributed by atoms with E-state index in [1.54, 1.807) is 42.6 Å². The molecule has 0 aliphatic carbocycles. The maximum atomic E-state index is 12.7. The van der Waals surface area contributed by atoms with Gasteiger partial charge in [0, 0.05) is 6.20 Å². The van der Waals surface area contributed by atoms with Crippen molar-refractivity contribution in [2.45, 2.75) is 6.54 Å². The van der Waals surface area contributed by atoms with Crippen LogP contribution in [0.5, 0.6) is 11.5 Å². The average Bonchev–Trinajstić information content (AvgIpc) is 2.85. The molecule has 2 amide bonds. The highest BCUT2D eigenvalue weighted by Gasteiger charge is 2.39. The smallest absolute Gasteiger partial charge is 0.296 e. The van der Waals surface area contributed by atoms with Gasteiger partial charge >= 0.3 is 0 Å². The number of pyridine rings is 1. The monoisotopic (exact) mass is 340 g/mol. The minimum Gasteiger partial charge on any atom is -0.502 e. The van der Waals surface area contributed by atoms with E-state index in [2.05, 4.69) is 4.98 Å². The van der Waals surface area contributed by atoms with Crippen LogP contribution < -0.4 is 9.47 Å². The number of amides is 2. The van der Waals surface area contributed by atoms with Gasteiger partial charge in [0.25, 0.3) is 11.8 Å². The lowest BCUT2D eigenvalue weighted by molar-refractivity contribution is -0.138. The van der Waals surface area contributed by atoms with Crippen molar-refractivity contribution in [1.82, 2.24) is 9.88 Å². The number of nitrogens with zero attached hydrogens (tertiary/aromatic N) is 2. The predicted molar refractivity (Wildman–Crippen MR) is 88.9 cm³/mol. The summed E-state index contributed by atoms with van der Waals surface area (Å²) in [6, 6.07) is 9.93. The number of aromatic nitrogens is 1. The van der Waals surface area contributed by atoms with Crippen LogP contribution in [0, 0.1) is 0 Å². The van der Waals surface area contributed by atoms with Crippen LogP contribution in [0.15, 0.2) is 48.4 Å². The molecule has 0 bridgehead atoms. The minimum atomic E-state index is -0.750. The molecule has 0 fully saturated rings. The molecule has 25 heavy (non-hydrogen) atoms. The standard InChI is InChI=1S/C18H16N2O5/c1-24-13-7-6-11(9-14(13)25-2)15-16(21)18(23)20(17(15)22)10-12-5-3-4-8-19-12/h3-9,21H,10H2,1-2H3. The summed E-state index contributed by atoms with van der Waals surface area (Å²) in [4.78, 5) is 30.0. The number of ether oxygens (including phenoxy) is 2. The number of aliphatic hydroxyl groups excluding tert-OH is 1. The SMILES string of the molecule is COc1ccc(C2=C(O)C(=O)N(Cc3ccccn3)C2=O)cc1OC. The first-order valence-corrected chi connectivity index (χ1v) is 7.48. The van der Waals surface area contributed by atoms with Gasteiger partial charge in [-0.05, 0) is 29.8 Å². The Hall–Kier alpha value is -3.35. The highest BCUT2D eigenvalue weighted by molar-refractivity contribution is 6.34. The van der Waals surface area contributed by atoms with Crippen LogP contribution in [0.1, 0.15) is 11.3 Å². The van der Waals surface area contributed by atoms with Crippen LogP contribution in [0.25, 0.3) is 5.57 Å². The van der Waals surface area contributed by atoms with Crippen LogP contribution in [-0.4, -0.2) is 41.0 Å². The molecule has 0 saturated heterocycles. The lowest BCUT2D eigenvalue weighted by atomic mass is 10.0. The van der Waals surface area contributed by atoms with Gasteiger partial charge in [0.05, 0.1) is 32.0 Å². The van der Waals surface area contributed by atoms with Crippen LogP contribution in [0.2, 0.25) is 0 Å². The van der Waals surface area contributed by atoms with Crippen molar-refractivity contribution in [1.29, 1.82) is 0 Å². The van der Waals surface area contributed by atoms with Gasteiger partial charge in [-0.15, -0.1) is 0 Å². The van der Waals surface area contributed by atoms with E-state index < -0.39 is 17.6 Å². The zero-order valence-electron chi connectivity index (χ0n) is 13.7. The molecule has 0 spiro atoms. The maximum Gasteiger partial charge on any atom is 0.296 e. The Balaban J connectivity index is 1.94. The van der Waals surface area contributed by atoms with E-state index in [0.717, 1.165) is 4.90 Å². The van der Waals surface area contributed by atoms with Crippen LogP contribution in [-0.2, 0) is 16.1 Å². The summed E-state index contributed by atoms with van der Waals surface area (Å²) in [6.07, 6.45) is 1.57. The van der Waals surface area contributed by atoms with Crippen LogP contribution >= 0.6 is 0 Å². The van der Waals surface area contributed by atoms with E-state index >= 15 is 0 Å². The van der Waals surface area contributed by atoms with Gasteiger partial charge in [-0.25, -0.2) is 0 Å². The molecule has 2 aromatic rings. The molecule has 1 aromatic carbocycles. The van der Waals surface area contributed by atoms with E-state index in [-0.39, 0.29) is 12.1 Å². The van der Waals surface area contributed by atoms with Gasteiger partial charge in [-0.3, -0.25) is 19.5 Å². The first-order valence-electron chi connectivity index (χ1n) is 7.48. The molecule has 7 nitrogen and oxygen atoms in total. The van der Waals surface area contributed by atoms with E-state index in [0.29, 0.717) is 22.8 Å². The van der Waals surface area contributed by atoms with Gasteiger partial charge in [0.2, 0.25) is 0 Å². The molecule has 0 atom stereocenters. The van der Waals surface area contributed by atoms with Gasteiger partial charge in [-0.1, -0.05) is 12.1 Å². The summed E-state index contributed by atoms with van der Waals surface area (Å²) in [5.41, 5.74) is 0.851. The topological polar surface area (TPSA) is 89.0 Å². The van der Waals surface area contributed by atoms with Crippen molar-refractivity contribution in [2.75, 3.05) is 14.2 Å². The van der Waals surface area contributed by atoms with E-state index in [1.165, 1.54) is 14.2 Å². The Morgan fingerprint density at radius 1 is 1.04 bits per heavy atom.